The lowest BCUT2D eigenvalue weighted by Gasteiger charge is -2.13. The summed E-state index contributed by atoms with van der Waals surface area (Å²) in [4.78, 5) is 14.6. The van der Waals surface area contributed by atoms with Crippen molar-refractivity contribution >= 4 is 45.8 Å². The van der Waals surface area contributed by atoms with Gasteiger partial charge in [-0.25, -0.2) is 0 Å². The molecule has 2 heterocycles. The third kappa shape index (κ3) is 4.54. The fourth-order valence-electron chi connectivity index (χ4n) is 1.94. The van der Waals surface area contributed by atoms with Crippen LogP contribution in [0.1, 0.15) is 18.0 Å². The zero-order valence-corrected chi connectivity index (χ0v) is 15.7. The van der Waals surface area contributed by atoms with Crippen LogP contribution in [-0.4, -0.2) is 39.2 Å². The smallest absolute Gasteiger partial charge is 0.229 e. The van der Waals surface area contributed by atoms with Crippen LogP contribution in [0, 0.1) is 0 Å². The highest BCUT2D eigenvalue weighted by atomic mass is 32.2. The molecule has 0 aliphatic rings. The van der Waals surface area contributed by atoms with E-state index in [1.165, 1.54) is 23.1 Å². The van der Waals surface area contributed by atoms with Gasteiger partial charge in [0.15, 0.2) is 4.34 Å². The first-order chi connectivity index (χ1) is 12.0. The molecule has 130 valence electrons. The molecular formula is C15H18N8S2. The van der Waals surface area contributed by atoms with Gasteiger partial charge in [-0.3, -0.25) is 0 Å². The van der Waals surface area contributed by atoms with E-state index in [1.54, 1.807) is 4.90 Å². The minimum absolute atomic E-state index is 0.0264. The Kier molecular flexibility index (Phi) is 5.29. The first kappa shape index (κ1) is 17.4. The topological polar surface area (TPSA) is 106 Å². The summed E-state index contributed by atoms with van der Waals surface area (Å²) in [6.45, 7) is 2.00. The SMILES string of the molecule is CC(Sc1nnc(Nc2ccccc2)s1)c1nc(N)nc(N(C)C)n1. The number of rotatable bonds is 6. The van der Waals surface area contributed by atoms with Gasteiger partial charge < -0.3 is 16.0 Å². The van der Waals surface area contributed by atoms with Crippen LogP contribution in [-0.2, 0) is 0 Å². The van der Waals surface area contributed by atoms with Crippen LogP contribution in [0.4, 0.5) is 22.7 Å². The number of benzene rings is 1. The summed E-state index contributed by atoms with van der Waals surface area (Å²) in [5.41, 5.74) is 6.76. The van der Waals surface area contributed by atoms with Crippen LogP contribution in [0.5, 0.6) is 0 Å². The van der Waals surface area contributed by atoms with Crippen molar-refractivity contribution in [3.8, 4) is 0 Å². The van der Waals surface area contributed by atoms with E-state index >= 15 is 0 Å². The fraction of sp³-hybridized carbons (Fsp3) is 0.267. The van der Waals surface area contributed by atoms with Gasteiger partial charge in [-0.1, -0.05) is 41.3 Å². The Labute approximate surface area is 153 Å². The highest BCUT2D eigenvalue weighted by Gasteiger charge is 2.17. The number of nitrogens with two attached hydrogens (primary N) is 1. The van der Waals surface area contributed by atoms with Gasteiger partial charge >= 0.3 is 0 Å². The van der Waals surface area contributed by atoms with E-state index in [-0.39, 0.29) is 11.2 Å². The number of nitrogens with one attached hydrogen (secondary N) is 1. The van der Waals surface area contributed by atoms with Gasteiger partial charge in [0.25, 0.3) is 0 Å². The Bertz CT molecular complexity index is 837. The normalized spacial score (nSPS) is 12.0. The highest BCUT2D eigenvalue weighted by Crippen LogP contribution is 2.37. The third-order valence-electron chi connectivity index (χ3n) is 3.13. The fourth-order valence-corrected chi connectivity index (χ4v) is 3.90. The maximum absolute atomic E-state index is 5.78. The second kappa shape index (κ2) is 7.62. The molecule has 0 saturated heterocycles. The van der Waals surface area contributed by atoms with Crippen LogP contribution in [0.2, 0.25) is 0 Å². The number of hydrogen-bond acceptors (Lipinski definition) is 10. The first-order valence-corrected chi connectivity index (χ1v) is 9.22. The van der Waals surface area contributed by atoms with Crippen molar-refractivity contribution < 1.29 is 0 Å². The summed E-state index contributed by atoms with van der Waals surface area (Å²) >= 11 is 3.02. The predicted octanol–water partition coefficient (Wildman–Crippen LogP) is 2.97. The minimum Gasteiger partial charge on any atom is -0.368 e. The molecule has 0 radical (unpaired) electrons. The molecule has 0 spiro atoms. The molecule has 25 heavy (non-hydrogen) atoms. The molecule has 1 aromatic carbocycles. The van der Waals surface area contributed by atoms with Gasteiger partial charge in [0, 0.05) is 19.8 Å². The number of anilines is 4. The predicted molar refractivity (Wildman–Crippen MR) is 102 cm³/mol. The first-order valence-electron chi connectivity index (χ1n) is 7.52. The molecule has 3 aromatic rings. The van der Waals surface area contributed by atoms with Crippen LogP contribution in [0.3, 0.4) is 0 Å². The Morgan fingerprint density at radius 2 is 1.88 bits per heavy atom. The monoisotopic (exact) mass is 374 g/mol. The number of aromatic nitrogens is 5. The molecule has 0 amide bonds. The molecular weight excluding hydrogens is 356 g/mol. The van der Waals surface area contributed by atoms with Crippen molar-refractivity contribution in [3.63, 3.8) is 0 Å². The van der Waals surface area contributed by atoms with E-state index in [9.17, 15) is 0 Å². The number of nitrogen functional groups attached to an aromatic ring is 1. The molecule has 8 nitrogen and oxygen atoms in total. The Morgan fingerprint density at radius 1 is 1.12 bits per heavy atom. The maximum atomic E-state index is 5.78. The van der Waals surface area contributed by atoms with Crippen LogP contribution < -0.4 is 16.0 Å². The summed E-state index contributed by atoms with van der Waals surface area (Å²) < 4.78 is 0.830. The molecule has 0 aliphatic heterocycles. The van der Waals surface area contributed by atoms with Crippen molar-refractivity contribution in [2.24, 2.45) is 0 Å². The van der Waals surface area contributed by atoms with Gasteiger partial charge in [0.2, 0.25) is 17.0 Å². The number of para-hydroxylation sites is 1. The van der Waals surface area contributed by atoms with Gasteiger partial charge in [-0.2, -0.15) is 15.0 Å². The largest absolute Gasteiger partial charge is 0.368 e. The quantitative estimate of drug-likeness (QED) is 0.630. The molecule has 3 rings (SSSR count). The zero-order valence-electron chi connectivity index (χ0n) is 14.0. The zero-order chi connectivity index (χ0) is 17.8. The maximum Gasteiger partial charge on any atom is 0.229 e. The van der Waals surface area contributed by atoms with E-state index in [2.05, 4.69) is 30.5 Å². The van der Waals surface area contributed by atoms with E-state index in [0.29, 0.717) is 11.8 Å². The average Bonchev–Trinajstić information content (AvgIpc) is 3.02. The van der Waals surface area contributed by atoms with Crippen molar-refractivity contribution in [1.82, 2.24) is 25.1 Å². The van der Waals surface area contributed by atoms with E-state index in [1.807, 2.05) is 51.4 Å². The number of thioether (sulfide) groups is 1. The standard InChI is InChI=1S/C15H18N8S2/c1-9(11-18-12(16)20-13(19-11)23(2)3)24-15-22-21-14(25-15)17-10-7-5-4-6-8-10/h4-9H,1-3H3,(H,17,21)(H2,16,18,19,20). The van der Waals surface area contributed by atoms with Crippen molar-refractivity contribution in [3.05, 3.63) is 36.2 Å². The van der Waals surface area contributed by atoms with Gasteiger partial charge in [-0.15, -0.1) is 10.2 Å². The number of nitrogens with zero attached hydrogens (tertiary/aromatic N) is 6. The Morgan fingerprint density at radius 3 is 2.60 bits per heavy atom. The second-order valence-electron chi connectivity index (χ2n) is 5.37. The van der Waals surface area contributed by atoms with Gasteiger partial charge in [-0.05, 0) is 19.1 Å². The average molecular weight is 374 g/mol. The molecule has 1 atom stereocenters. The lowest BCUT2D eigenvalue weighted by Crippen LogP contribution is -2.16. The molecule has 10 heteroatoms. The summed E-state index contributed by atoms with van der Waals surface area (Å²) in [6, 6.07) is 9.86. The summed E-state index contributed by atoms with van der Waals surface area (Å²) in [5, 5.41) is 12.3. The molecule has 0 aliphatic carbocycles. The third-order valence-corrected chi connectivity index (χ3v) is 5.15. The minimum atomic E-state index is -0.0264. The van der Waals surface area contributed by atoms with Crippen molar-refractivity contribution in [2.75, 3.05) is 30.0 Å². The lowest BCUT2D eigenvalue weighted by molar-refractivity contribution is 0.863. The van der Waals surface area contributed by atoms with Crippen LogP contribution in [0.15, 0.2) is 34.7 Å². The van der Waals surface area contributed by atoms with Crippen molar-refractivity contribution in [2.45, 2.75) is 16.5 Å². The van der Waals surface area contributed by atoms with Crippen LogP contribution in [0.25, 0.3) is 0 Å². The van der Waals surface area contributed by atoms with Crippen molar-refractivity contribution in [1.29, 1.82) is 0 Å². The molecule has 0 saturated carbocycles. The lowest BCUT2D eigenvalue weighted by atomic mass is 10.3. The Balaban J connectivity index is 1.70. The van der Waals surface area contributed by atoms with E-state index in [0.717, 1.165) is 15.2 Å². The number of hydrogen-bond donors (Lipinski definition) is 2. The molecule has 0 fully saturated rings. The van der Waals surface area contributed by atoms with Gasteiger partial charge in [0.1, 0.15) is 5.82 Å². The van der Waals surface area contributed by atoms with Crippen LogP contribution >= 0.6 is 23.1 Å². The second-order valence-corrected chi connectivity index (χ2v) is 7.94. The molecule has 0 bridgehead atoms. The Hall–Kier alpha value is -2.46. The van der Waals surface area contributed by atoms with Gasteiger partial charge in [0.05, 0.1) is 5.25 Å². The summed E-state index contributed by atoms with van der Waals surface area (Å²) in [6.07, 6.45) is 0. The molecule has 1 unspecified atom stereocenters. The van der Waals surface area contributed by atoms with E-state index < -0.39 is 0 Å². The summed E-state index contributed by atoms with van der Waals surface area (Å²) in [7, 11) is 3.73. The highest BCUT2D eigenvalue weighted by molar-refractivity contribution is 8.01. The molecule has 3 N–H and O–H groups in total. The van der Waals surface area contributed by atoms with E-state index in [4.69, 9.17) is 5.73 Å². The summed E-state index contributed by atoms with van der Waals surface area (Å²) in [5.74, 6) is 1.37. The molecule has 2 aromatic heterocycles.